The third-order valence-corrected chi connectivity index (χ3v) is 2.36. The van der Waals surface area contributed by atoms with Crippen LogP contribution in [0.5, 0.6) is 5.75 Å². The Morgan fingerprint density at radius 2 is 2.40 bits per heavy atom. The monoisotopic (exact) mass is 223 g/mol. The van der Waals surface area contributed by atoms with Crippen LogP contribution in [0.1, 0.15) is 12.8 Å². The molecule has 0 aliphatic heterocycles. The van der Waals surface area contributed by atoms with Crippen molar-refractivity contribution in [2.45, 2.75) is 18.9 Å². The standard InChI is InChI=1S/C10H13N3OS/c1-14-8-3-2-6-11-9(8)13-10(15)12-7-4-5-7/h2-3,6-7H,4-5H2,1H3,(H2,11,12,13,15). The Bertz CT molecular complexity index is 365. The van der Waals surface area contributed by atoms with E-state index in [1.807, 2.05) is 12.1 Å². The van der Waals surface area contributed by atoms with Gasteiger partial charge in [-0.1, -0.05) is 0 Å². The van der Waals surface area contributed by atoms with E-state index in [0.717, 1.165) is 0 Å². The molecule has 0 unspecified atom stereocenters. The van der Waals surface area contributed by atoms with Gasteiger partial charge in [0.25, 0.3) is 0 Å². The van der Waals surface area contributed by atoms with Crippen LogP contribution >= 0.6 is 12.2 Å². The molecule has 0 amide bonds. The Hall–Kier alpha value is -1.36. The second kappa shape index (κ2) is 4.44. The molecule has 15 heavy (non-hydrogen) atoms. The van der Waals surface area contributed by atoms with E-state index < -0.39 is 0 Å². The third kappa shape index (κ3) is 2.79. The number of pyridine rings is 1. The zero-order valence-corrected chi connectivity index (χ0v) is 9.30. The maximum Gasteiger partial charge on any atom is 0.174 e. The van der Waals surface area contributed by atoms with Gasteiger partial charge in [-0.05, 0) is 37.2 Å². The molecule has 1 aromatic heterocycles. The molecule has 80 valence electrons. The van der Waals surface area contributed by atoms with Crippen molar-refractivity contribution in [1.82, 2.24) is 10.3 Å². The lowest BCUT2D eigenvalue weighted by Crippen LogP contribution is -2.30. The molecule has 5 heteroatoms. The maximum absolute atomic E-state index is 5.15. The first-order chi connectivity index (χ1) is 7.29. The van der Waals surface area contributed by atoms with Gasteiger partial charge in [-0.25, -0.2) is 4.98 Å². The Kier molecular flexibility index (Phi) is 3.01. The lowest BCUT2D eigenvalue weighted by molar-refractivity contribution is 0.415. The van der Waals surface area contributed by atoms with Crippen LogP contribution in [0.3, 0.4) is 0 Å². The number of anilines is 1. The van der Waals surface area contributed by atoms with E-state index in [9.17, 15) is 0 Å². The number of rotatable bonds is 3. The minimum absolute atomic E-state index is 0.541. The first-order valence-corrected chi connectivity index (χ1v) is 5.27. The van der Waals surface area contributed by atoms with Crippen LogP contribution < -0.4 is 15.4 Å². The Morgan fingerprint density at radius 3 is 3.07 bits per heavy atom. The van der Waals surface area contributed by atoms with Crippen molar-refractivity contribution in [3.63, 3.8) is 0 Å². The molecule has 0 spiro atoms. The van der Waals surface area contributed by atoms with Crippen molar-refractivity contribution in [1.29, 1.82) is 0 Å². The van der Waals surface area contributed by atoms with Crippen molar-refractivity contribution < 1.29 is 4.74 Å². The average molecular weight is 223 g/mol. The van der Waals surface area contributed by atoms with Gasteiger partial charge in [-0.2, -0.15) is 0 Å². The molecule has 2 rings (SSSR count). The summed E-state index contributed by atoms with van der Waals surface area (Å²) in [6, 6.07) is 4.20. The fourth-order valence-corrected chi connectivity index (χ4v) is 1.47. The Balaban J connectivity index is 1.98. The van der Waals surface area contributed by atoms with Gasteiger partial charge in [0, 0.05) is 12.2 Å². The van der Waals surface area contributed by atoms with Crippen LogP contribution in [-0.4, -0.2) is 23.2 Å². The smallest absolute Gasteiger partial charge is 0.174 e. The molecule has 0 atom stereocenters. The van der Waals surface area contributed by atoms with Crippen molar-refractivity contribution in [3.8, 4) is 5.75 Å². The maximum atomic E-state index is 5.15. The molecule has 1 aliphatic rings. The highest BCUT2D eigenvalue weighted by atomic mass is 32.1. The molecule has 1 aromatic rings. The van der Waals surface area contributed by atoms with E-state index >= 15 is 0 Å². The molecule has 0 radical (unpaired) electrons. The van der Waals surface area contributed by atoms with Gasteiger partial charge in [0.1, 0.15) is 0 Å². The highest BCUT2D eigenvalue weighted by Crippen LogP contribution is 2.21. The van der Waals surface area contributed by atoms with Gasteiger partial charge in [-0.3, -0.25) is 0 Å². The predicted molar refractivity (Wildman–Crippen MR) is 63.2 cm³/mol. The molecule has 0 aromatic carbocycles. The van der Waals surface area contributed by atoms with E-state index in [2.05, 4.69) is 15.6 Å². The van der Waals surface area contributed by atoms with Crippen LogP contribution in [0.15, 0.2) is 18.3 Å². The first-order valence-electron chi connectivity index (χ1n) is 4.86. The van der Waals surface area contributed by atoms with Crippen LogP contribution in [0, 0.1) is 0 Å². The fraction of sp³-hybridized carbons (Fsp3) is 0.400. The van der Waals surface area contributed by atoms with Gasteiger partial charge in [0.15, 0.2) is 16.7 Å². The largest absolute Gasteiger partial charge is 0.493 e. The molecule has 1 saturated carbocycles. The van der Waals surface area contributed by atoms with Crippen molar-refractivity contribution in [2.75, 3.05) is 12.4 Å². The summed E-state index contributed by atoms with van der Waals surface area (Å²) in [7, 11) is 1.61. The number of thiocarbonyl (C=S) groups is 1. The summed E-state index contributed by atoms with van der Waals surface area (Å²) in [5.74, 6) is 1.34. The van der Waals surface area contributed by atoms with E-state index in [4.69, 9.17) is 17.0 Å². The highest BCUT2D eigenvalue weighted by Gasteiger charge is 2.22. The number of hydrogen-bond donors (Lipinski definition) is 2. The normalized spacial score (nSPS) is 14.5. The number of aromatic nitrogens is 1. The number of methoxy groups -OCH3 is 1. The topological polar surface area (TPSA) is 46.2 Å². The first kappa shape index (κ1) is 10.2. The lowest BCUT2D eigenvalue weighted by Gasteiger charge is -2.11. The van der Waals surface area contributed by atoms with Gasteiger partial charge >= 0.3 is 0 Å². The van der Waals surface area contributed by atoms with E-state index in [-0.39, 0.29) is 0 Å². The molecule has 0 saturated heterocycles. The van der Waals surface area contributed by atoms with Gasteiger partial charge in [-0.15, -0.1) is 0 Å². The number of ether oxygens (including phenoxy) is 1. The molecular formula is C10H13N3OS. The van der Waals surface area contributed by atoms with Crippen LogP contribution in [0.2, 0.25) is 0 Å². The summed E-state index contributed by atoms with van der Waals surface area (Å²) in [4.78, 5) is 4.15. The minimum atomic E-state index is 0.541. The molecule has 2 N–H and O–H groups in total. The zero-order valence-electron chi connectivity index (χ0n) is 8.49. The van der Waals surface area contributed by atoms with Crippen LogP contribution in [-0.2, 0) is 0 Å². The van der Waals surface area contributed by atoms with Gasteiger partial charge < -0.3 is 15.4 Å². The zero-order chi connectivity index (χ0) is 10.7. The highest BCUT2D eigenvalue weighted by molar-refractivity contribution is 7.80. The van der Waals surface area contributed by atoms with Crippen molar-refractivity contribution in [2.24, 2.45) is 0 Å². The fourth-order valence-electron chi connectivity index (χ4n) is 1.21. The summed E-state index contributed by atoms with van der Waals surface area (Å²) < 4.78 is 5.15. The molecule has 1 aliphatic carbocycles. The quantitative estimate of drug-likeness (QED) is 0.761. The molecule has 0 bridgehead atoms. The summed E-state index contributed by atoms with van der Waals surface area (Å²) >= 11 is 5.14. The third-order valence-electron chi connectivity index (χ3n) is 2.14. The van der Waals surface area contributed by atoms with Gasteiger partial charge in [0.2, 0.25) is 0 Å². The summed E-state index contributed by atoms with van der Waals surface area (Å²) in [6.07, 6.45) is 4.09. The second-order valence-corrected chi connectivity index (χ2v) is 3.84. The summed E-state index contributed by atoms with van der Waals surface area (Å²) in [6.45, 7) is 0. The van der Waals surface area contributed by atoms with Crippen LogP contribution in [0.4, 0.5) is 5.82 Å². The van der Waals surface area contributed by atoms with E-state index in [1.165, 1.54) is 12.8 Å². The minimum Gasteiger partial charge on any atom is -0.493 e. The summed E-state index contributed by atoms with van der Waals surface area (Å²) in [5.41, 5.74) is 0. The predicted octanol–water partition coefficient (Wildman–Crippen LogP) is 1.54. The van der Waals surface area contributed by atoms with Crippen LogP contribution in [0.25, 0.3) is 0 Å². The second-order valence-electron chi connectivity index (χ2n) is 3.43. The van der Waals surface area contributed by atoms with E-state index in [0.29, 0.717) is 22.7 Å². The molecule has 1 fully saturated rings. The molecule has 1 heterocycles. The van der Waals surface area contributed by atoms with Crippen molar-refractivity contribution in [3.05, 3.63) is 18.3 Å². The number of hydrogen-bond acceptors (Lipinski definition) is 3. The molecular weight excluding hydrogens is 210 g/mol. The number of nitrogens with zero attached hydrogens (tertiary/aromatic N) is 1. The van der Waals surface area contributed by atoms with Gasteiger partial charge in [0.05, 0.1) is 7.11 Å². The lowest BCUT2D eigenvalue weighted by atomic mass is 10.4. The SMILES string of the molecule is COc1cccnc1NC(=S)NC1CC1. The molecule has 4 nitrogen and oxygen atoms in total. The number of nitrogens with one attached hydrogen (secondary N) is 2. The Morgan fingerprint density at radius 1 is 1.60 bits per heavy atom. The Labute approximate surface area is 94.0 Å². The average Bonchev–Trinajstić information content (AvgIpc) is 3.02. The summed E-state index contributed by atoms with van der Waals surface area (Å²) in [5, 5.41) is 6.80. The van der Waals surface area contributed by atoms with Crippen molar-refractivity contribution >= 4 is 23.1 Å². The van der Waals surface area contributed by atoms with E-state index in [1.54, 1.807) is 13.3 Å².